The number of hydrogen-bond donors (Lipinski definition) is 2. The van der Waals surface area contributed by atoms with E-state index >= 15 is 0 Å². The van der Waals surface area contributed by atoms with Crippen LogP contribution in [0.3, 0.4) is 0 Å². The van der Waals surface area contributed by atoms with Crippen molar-refractivity contribution in [3.63, 3.8) is 0 Å². The van der Waals surface area contributed by atoms with Gasteiger partial charge in [0.05, 0.1) is 11.8 Å². The van der Waals surface area contributed by atoms with E-state index in [9.17, 15) is 5.11 Å². The molecule has 0 aromatic carbocycles. The number of fused-ring (bicyclic) bond motifs is 3. The second-order valence-corrected chi connectivity index (χ2v) is 7.67. The Kier molecular flexibility index (Phi) is 3.71. The Morgan fingerprint density at radius 3 is 2.88 bits per heavy atom. The predicted octanol–water partition coefficient (Wildman–Crippen LogP) is 1.95. The highest BCUT2D eigenvalue weighted by Gasteiger charge is 2.29. The Hall–Kier alpha value is -1.99. The number of nitrogens with zero attached hydrogens (tertiary/aromatic N) is 5. The maximum atomic E-state index is 9.70. The van der Waals surface area contributed by atoms with E-state index < -0.39 is 0 Å². The molecular weight excluding hydrogens is 316 g/mol. The number of aliphatic hydroxyl groups excluding tert-OH is 1. The highest BCUT2D eigenvalue weighted by Crippen LogP contribution is 2.38. The van der Waals surface area contributed by atoms with Gasteiger partial charge in [0.1, 0.15) is 17.5 Å². The van der Waals surface area contributed by atoms with E-state index in [-0.39, 0.29) is 6.10 Å². The minimum Gasteiger partial charge on any atom is -0.392 e. The minimum absolute atomic E-state index is 0.114. The summed E-state index contributed by atoms with van der Waals surface area (Å²) in [6.45, 7) is 3.04. The molecule has 2 aliphatic rings. The lowest BCUT2D eigenvalue weighted by atomic mass is 9.80. The lowest BCUT2D eigenvalue weighted by Crippen LogP contribution is -2.30. The topological polar surface area (TPSA) is 82.3 Å². The molecule has 2 N–H and O–H groups in total. The van der Waals surface area contributed by atoms with Crippen molar-refractivity contribution in [1.29, 1.82) is 0 Å². The first-order valence-corrected chi connectivity index (χ1v) is 9.35. The number of H-pyrrole nitrogens is 1. The molecule has 1 saturated carbocycles. The Morgan fingerprint density at radius 1 is 1.20 bits per heavy atom. The smallest absolute Gasteiger partial charge is 0.141 e. The van der Waals surface area contributed by atoms with Gasteiger partial charge in [0.2, 0.25) is 0 Å². The summed E-state index contributed by atoms with van der Waals surface area (Å²) in [7, 11) is 0. The SMILES string of the molecule is O[C@H]1CCN(CC2CCC(c3nnn4cnc5[nH]ccc5c34)CC2)C1. The Bertz CT molecular complexity index is 878. The fourth-order valence-electron chi connectivity index (χ4n) is 4.66. The Morgan fingerprint density at radius 2 is 2.08 bits per heavy atom. The molecule has 7 nitrogen and oxygen atoms in total. The molecule has 0 unspecified atom stereocenters. The van der Waals surface area contributed by atoms with Crippen molar-refractivity contribution >= 4 is 16.6 Å². The van der Waals surface area contributed by atoms with E-state index in [0.29, 0.717) is 5.92 Å². The molecule has 0 radical (unpaired) electrons. The third kappa shape index (κ3) is 2.71. The Labute approximate surface area is 146 Å². The second kappa shape index (κ2) is 6.07. The first-order valence-electron chi connectivity index (χ1n) is 9.35. The molecule has 0 bridgehead atoms. The molecule has 25 heavy (non-hydrogen) atoms. The zero-order valence-electron chi connectivity index (χ0n) is 14.3. The van der Waals surface area contributed by atoms with Crippen LogP contribution in [0.5, 0.6) is 0 Å². The molecule has 7 heteroatoms. The quantitative estimate of drug-likeness (QED) is 0.761. The van der Waals surface area contributed by atoms with Crippen LogP contribution in [0.25, 0.3) is 16.6 Å². The van der Waals surface area contributed by atoms with Crippen LogP contribution in [0.4, 0.5) is 0 Å². The fraction of sp³-hybridized carbons (Fsp3) is 0.611. The van der Waals surface area contributed by atoms with Crippen LogP contribution < -0.4 is 0 Å². The monoisotopic (exact) mass is 340 g/mol. The normalized spacial score (nSPS) is 28.3. The lowest BCUT2D eigenvalue weighted by molar-refractivity contribution is 0.162. The van der Waals surface area contributed by atoms with Gasteiger partial charge < -0.3 is 15.0 Å². The van der Waals surface area contributed by atoms with Crippen molar-refractivity contribution in [2.45, 2.75) is 44.1 Å². The summed E-state index contributed by atoms with van der Waals surface area (Å²) in [4.78, 5) is 9.99. The molecule has 4 heterocycles. The van der Waals surface area contributed by atoms with Crippen LogP contribution in [0.1, 0.15) is 43.7 Å². The van der Waals surface area contributed by atoms with Crippen LogP contribution in [-0.4, -0.2) is 60.5 Å². The van der Waals surface area contributed by atoms with Crippen molar-refractivity contribution in [3.8, 4) is 0 Å². The number of aromatic nitrogens is 5. The molecule has 1 saturated heterocycles. The van der Waals surface area contributed by atoms with Crippen LogP contribution in [0.2, 0.25) is 0 Å². The van der Waals surface area contributed by atoms with Crippen molar-refractivity contribution in [3.05, 3.63) is 24.3 Å². The molecular formula is C18H24N6O. The first kappa shape index (κ1) is 15.3. The highest BCUT2D eigenvalue weighted by molar-refractivity contribution is 5.92. The number of hydrogen-bond acceptors (Lipinski definition) is 5. The largest absolute Gasteiger partial charge is 0.392 e. The van der Waals surface area contributed by atoms with Crippen molar-refractivity contribution in [2.75, 3.05) is 19.6 Å². The van der Waals surface area contributed by atoms with E-state index in [2.05, 4.69) is 31.2 Å². The third-order valence-electron chi connectivity index (χ3n) is 5.99. The van der Waals surface area contributed by atoms with Crippen LogP contribution >= 0.6 is 0 Å². The van der Waals surface area contributed by atoms with Gasteiger partial charge in [-0.15, -0.1) is 5.10 Å². The third-order valence-corrected chi connectivity index (χ3v) is 5.99. The lowest BCUT2D eigenvalue weighted by Gasteiger charge is -2.30. The van der Waals surface area contributed by atoms with E-state index in [0.717, 1.165) is 54.2 Å². The van der Waals surface area contributed by atoms with Gasteiger partial charge in [-0.3, -0.25) is 0 Å². The maximum Gasteiger partial charge on any atom is 0.141 e. The van der Waals surface area contributed by atoms with Gasteiger partial charge >= 0.3 is 0 Å². The van der Waals surface area contributed by atoms with E-state index in [4.69, 9.17) is 0 Å². The van der Waals surface area contributed by atoms with Crippen molar-refractivity contribution < 1.29 is 5.11 Å². The number of rotatable bonds is 3. The molecule has 1 aliphatic carbocycles. The molecule has 132 valence electrons. The van der Waals surface area contributed by atoms with E-state index in [1.807, 2.05) is 10.7 Å². The number of likely N-dealkylation sites (tertiary alicyclic amines) is 1. The summed E-state index contributed by atoms with van der Waals surface area (Å²) >= 11 is 0. The average molecular weight is 340 g/mol. The fourth-order valence-corrected chi connectivity index (χ4v) is 4.66. The average Bonchev–Trinajstić information content (AvgIpc) is 3.34. The zero-order valence-corrected chi connectivity index (χ0v) is 14.3. The molecule has 3 aromatic heterocycles. The number of nitrogens with one attached hydrogen (secondary N) is 1. The second-order valence-electron chi connectivity index (χ2n) is 7.67. The number of β-amino-alcohol motifs (C(OH)–C–C–N with tert-alkyl or cyclic N) is 1. The van der Waals surface area contributed by atoms with Crippen LogP contribution in [0.15, 0.2) is 18.6 Å². The van der Waals surface area contributed by atoms with Crippen LogP contribution in [0, 0.1) is 5.92 Å². The van der Waals surface area contributed by atoms with Gasteiger partial charge in [-0.2, -0.15) is 0 Å². The van der Waals surface area contributed by atoms with Gasteiger partial charge in [-0.1, -0.05) is 5.21 Å². The molecule has 2 fully saturated rings. The molecule has 3 aromatic rings. The molecule has 0 spiro atoms. The van der Waals surface area contributed by atoms with Gasteiger partial charge in [0, 0.05) is 37.1 Å². The summed E-state index contributed by atoms with van der Waals surface area (Å²) in [6.07, 6.45) is 9.30. The summed E-state index contributed by atoms with van der Waals surface area (Å²) in [5, 5.41) is 19.6. The van der Waals surface area contributed by atoms with Crippen LogP contribution in [-0.2, 0) is 0 Å². The summed E-state index contributed by atoms with van der Waals surface area (Å²) in [5.41, 5.74) is 3.14. The highest BCUT2D eigenvalue weighted by atomic mass is 16.3. The summed E-state index contributed by atoms with van der Waals surface area (Å²) < 4.78 is 1.81. The first-order chi connectivity index (χ1) is 12.3. The maximum absolute atomic E-state index is 9.70. The number of aromatic amines is 1. The Balaban J connectivity index is 1.32. The van der Waals surface area contributed by atoms with E-state index in [1.54, 1.807) is 6.33 Å². The minimum atomic E-state index is -0.114. The molecule has 1 atom stereocenters. The predicted molar refractivity (Wildman–Crippen MR) is 94.4 cm³/mol. The van der Waals surface area contributed by atoms with Gasteiger partial charge in [-0.05, 0) is 44.1 Å². The molecule has 1 aliphatic heterocycles. The van der Waals surface area contributed by atoms with Crippen molar-refractivity contribution in [2.24, 2.45) is 5.92 Å². The van der Waals surface area contributed by atoms with Crippen molar-refractivity contribution in [1.82, 2.24) is 29.7 Å². The number of aliphatic hydroxyl groups is 1. The zero-order chi connectivity index (χ0) is 16.8. The van der Waals surface area contributed by atoms with Gasteiger partial charge in [0.15, 0.2) is 0 Å². The molecule has 0 amide bonds. The van der Waals surface area contributed by atoms with E-state index in [1.165, 1.54) is 25.7 Å². The standard InChI is InChI=1S/C18H24N6O/c25-14-6-8-23(10-14)9-12-1-3-13(4-2-12)16-17-15-5-7-19-18(15)20-11-24(17)22-21-16/h5,7,11-14,19,25H,1-4,6,8-10H2/t12?,13?,14-/m0/s1. The molecule has 5 rings (SSSR count). The van der Waals surface area contributed by atoms with Gasteiger partial charge in [-0.25, -0.2) is 9.50 Å². The summed E-state index contributed by atoms with van der Waals surface area (Å²) in [6, 6.07) is 2.06. The van der Waals surface area contributed by atoms with Gasteiger partial charge in [0.25, 0.3) is 0 Å². The summed E-state index contributed by atoms with van der Waals surface area (Å²) in [5.74, 6) is 1.23.